The Labute approximate surface area is 154 Å². The largest absolute Gasteiger partial charge is 0.385 e. The van der Waals surface area contributed by atoms with Crippen LogP contribution in [0.25, 0.3) is 0 Å². The smallest absolute Gasteiger partial charge is 0.191 e. The zero-order valence-corrected chi connectivity index (χ0v) is 16.2. The van der Waals surface area contributed by atoms with Crippen LogP contribution in [-0.4, -0.2) is 49.8 Å². The number of aliphatic imine (C=N–C) groups is 1. The summed E-state index contributed by atoms with van der Waals surface area (Å²) in [7, 11) is 2.56. The molecule has 1 aliphatic rings. The Morgan fingerprint density at radius 2 is 1.96 bits per heavy atom. The first kappa shape index (κ1) is 19.9. The summed E-state index contributed by atoms with van der Waals surface area (Å²) in [5, 5.41) is 6.74. The van der Waals surface area contributed by atoms with E-state index in [4.69, 9.17) is 4.74 Å². The van der Waals surface area contributed by atoms with E-state index in [1.807, 2.05) is 30.3 Å². The highest BCUT2D eigenvalue weighted by Crippen LogP contribution is 2.40. The van der Waals surface area contributed by atoms with Crippen molar-refractivity contribution in [3.8, 4) is 0 Å². The standard InChI is InChI=1S/C19H31N3O2S/c1-20-18(21-13-15-25(23)17-8-4-3-5-9-17)22-16-19(12-14-24-2)10-6-7-11-19/h3-5,8-9H,6-7,10-16H2,1-2H3,(H2,20,21,22). The van der Waals surface area contributed by atoms with Gasteiger partial charge in [0.05, 0.1) is 10.8 Å². The minimum Gasteiger partial charge on any atom is -0.385 e. The Balaban J connectivity index is 1.75. The zero-order valence-electron chi connectivity index (χ0n) is 15.4. The van der Waals surface area contributed by atoms with Crippen LogP contribution in [0.2, 0.25) is 0 Å². The first-order valence-corrected chi connectivity index (χ1v) is 10.4. The van der Waals surface area contributed by atoms with Gasteiger partial charge < -0.3 is 15.4 Å². The molecule has 1 aromatic carbocycles. The van der Waals surface area contributed by atoms with Crippen molar-refractivity contribution in [2.45, 2.75) is 37.0 Å². The molecule has 2 rings (SSSR count). The van der Waals surface area contributed by atoms with Crippen molar-refractivity contribution in [3.63, 3.8) is 0 Å². The van der Waals surface area contributed by atoms with E-state index in [1.54, 1.807) is 14.2 Å². The maximum atomic E-state index is 12.2. The highest BCUT2D eigenvalue weighted by Gasteiger charge is 2.33. The maximum absolute atomic E-state index is 12.2. The highest BCUT2D eigenvalue weighted by atomic mass is 32.2. The SMILES string of the molecule is CN=C(NCCS(=O)c1ccccc1)NCC1(CCOC)CCCC1. The van der Waals surface area contributed by atoms with E-state index in [0.717, 1.165) is 30.4 Å². The lowest BCUT2D eigenvalue weighted by Crippen LogP contribution is -2.44. The van der Waals surface area contributed by atoms with E-state index >= 15 is 0 Å². The summed E-state index contributed by atoms with van der Waals surface area (Å²) in [5.41, 5.74) is 0.320. The molecule has 0 aliphatic heterocycles. The average Bonchev–Trinajstić information content (AvgIpc) is 3.12. The summed E-state index contributed by atoms with van der Waals surface area (Å²) in [6.45, 7) is 2.35. The van der Waals surface area contributed by atoms with Gasteiger partial charge in [-0.15, -0.1) is 0 Å². The Morgan fingerprint density at radius 3 is 2.60 bits per heavy atom. The first-order chi connectivity index (χ1) is 12.2. The number of methoxy groups -OCH3 is 1. The molecule has 140 valence electrons. The number of nitrogens with one attached hydrogen (secondary N) is 2. The summed E-state index contributed by atoms with van der Waals surface area (Å²) in [6.07, 6.45) is 6.18. The first-order valence-electron chi connectivity index (χ1n) is 9.06. The van der Waals surface area contributed by atoms with Crippen LogP contribution in [-0.2, 0) is 15.5 Å². The molecule has 25 heavy (non-hydrogen) atoms. The number of ether oxygens (including phenoxy) is 1. The molecule has 6 heteroatoms. The average molecular weight is 366 g/mol. The van der Waals surface area contributed by atoms with Crippen LogP contribution < -0.4 is 10.6 Å². The van der Waals surface area contributed by atoms with Gasteiger partial charge in [-0.25, -0.2) is 0 Å². The third-order valence-electron chi connectivity index (χ3n) is 4.94. The van der Waals surface area contributed by atoms with E-state index in [-0.39, 0.29) is 0 Å². The van der Waals surface area contributed by atoms with Gasteiger partial charge in [-0.05, 0) is 36.8 Å². The van der Waals surface area contributed by atoms with E-state index in [0.29, 0.717) is 17.7 Å². The van der Waals surface area contributed by atoms with E-state index < -0.39 is 10.8 Å². The minimum absolute atomic E-state index is 0.320. The van der Waals surface area contributed by atoms with E-state index in [9.17, 15) is 4.21 Å². The van der Waals surface area contributed by atoms with Crippen LogP contribution in [0.5, 0.6) is 0 Å². The van der Waals surface area contributed by atoms with Crippen LogP contribution in [0.15, 0.2) is 40.2 Å². The van der Waals surface area contributed by atoms with Crippen molar-refractivity contribution < 1.29 is 8.95 Å². The van der Waals surface area contributed by atoms with Crippen molar-refractivity contribution in [1.82, 2.24) is 10.6 Å². The molecule has 0 amide bonds. The lowest BCUT2D eigenvalue weighted by atomic mass is 9.83. The fourth-order valence-corrected chi connectivity index (χ4v) is 4.39. The third kappa shape index (κ3) is 6.44. The number of guanidine groups is 1. The number of hydrogen-bond acceptors (Lipinski definition) is 3. The van der Waals surface area contributed by atoms with E-state index in [1.165, 1.54) is 25.7 Å². The highest BCUT2D eigenvalue weighted by molar-refractivity contribution is 7.85. The minimum atomic E-state index is -0.982. The van der Waals surface area contributed by atoms with E-state index in [2.05, 4.69) is 15.6 Å². The monoisotopic (exact) mass is 365 g/mol. The molecule has 1 unspecified atom stereocenters. The topological polar surface area (TPSA) is 62.7 Å². The summed E-state index contributed by atoms with van der Waals surface area (Å²) in [4.78, 5) is 5.17. The lowest BCUT2D eigenvalue weighted by Gasteiger charge is -2.29. The second-order valence-corrected chi connectivity index (χ2v) is 8.24. The van der Waals surface area contributed by atoms with Crippen LogP contribution in [0.4, 0.5) is 0 Å². The van der Waals surface area contributed by atoms with Crippen LogP contribution in [0.3, 0.4) is 0 Å². The van der Waals surface area contributed by atoms with Crippen molar-refractivity contribution in [2.75, 3.05) is 39.6 Å². The molecule has 1 aromatic rings. The fraction of sp³-hybridized carbons (Fsp3) is 0.632. The van der Waals surface area contributed by atoms with Gasteiger partial charge in [0.1, 0.15) is 0 Å². The summed E-state index contributed by atoms with van der Waals surface area (Å²) in [5.74, 6) is 1.35. The van der Waals surface area contributed by atoms with Crippen LogP contribution in [0.1, 0.15) is 32.1 Å². The Morgan fingerprint density at radius 1 is 1.24 bits per heavy atom. The molecule has 0 spiro atoms. The van der Waals surface area contributed by atoms with Gasteiger partial charge in [-0.3, -0.25) is 9.20 Å². The molecule has 1 saturated carbocycles. The quantitative estimate of drug-likeness (QED) is 0.521. The van der Waals surface area contributed by atoms with Crippen molar-refractivity contribution >= 4 is 16.8 Å². The number of rotatable bonds is 9. The zero-order chi connectivity index (χ0) is 18.0. The second-order valence-electron chi connectivity index (χ2n) is 6.67. The van der Waals surface area contributed by atoms with Gasteiger partial charge in [0.2, 0.25) is 0 Å². The Hall–Kier alpha value is -1.40. The predicted octanol–water partition coefficient (Wildman–Crippen LogP) is 2.56. The van der Waals surface area contributed by atoms with Crippen LogP contribution in [0, 0.1) is 5.41 Å². The predicted molar refractivity (Wildman–Crippen MR) is 104 cm³/mol. The molecule has 0 saturated heterocycles. The molecule has 2 N–H and O–H groups in total. The Kier molecular flexibility index (Phi) is 8.41. The van der Waals surface area contributed by atoms with Crippen molar-refractivity contribution in [1.29, 1.82) is 0 Å². The number of nitrogens with zero attached hydrogens (tertiary/aromatic N) is 1. The molecule has 0 bridgehead atoms. The summed E-state index contributed by atoms with van der Waals surface area (Å²) >= 11 is 0. The molecule has 0 aromatic heterocycles. The molecule has 0 radical (unpaired) electrons. The maximum Gasteiger partial charge on any atom is 0.191 e. The van der Waals surface area contributed by atoms with Crippen molar-refractivity contribution in [3.05, 3.63) is 30.3 Å². The van der Waals surface area contributed by atoms with Crippen LogP contribution >= 0.6 is 0 Å². The molecular formula is C19H31N3O2S. The van der Waals surface area contributed by atoms with Gasteiger partial charge in [-0.1, -0.05) is 31.0 Å². The molecule has 1 aliphatic carbocycles. The summed E-state index contributed by atoms with van der Waals surface area (Å²) in [6, 6.07) is 9.59. The molecule has 1 fully saturated rings. The summed E-state index contributed by atoms with van der Waals surface area (Å²) < 4.78 is 17.5. The fourth-order valence-electron chi connectivity index (χ4n) is 3.40. The Bertz CT molecular complexity index is 557. The molecule has 5 nitrogen and oxygen atoms in total. The normalized spacial score (nSPS) is 18.1. The molecule has 1 atom stereocenters. The van der Waals surface area contributed by atoms with Gasteiger partial charge >= 0.3 is 0 Å². The number of hydrogen-bond donors (Lipinski definition) is 2. The second kappa shape index (κ2) is 10.6. The lowest BCUT2D eigenvalue weighted by molar-refractivity contribution is 0.138. The molecule has 0 heterocycles. The van der Waals surface area contributed by atoms with Gasteiger partial charge in [0.25, 0.3) is 0 Å². The number of benzene rings is 1. The van der Waals surface area contributed by atoms with Gasteiger partial charge in [0, 0.05) is 44.5 Å². The molecular weight excluding hydrogens is 334 g/mol. The van der Waals surface area contributed by atoms with Gasteiger partial charge in [0.15, 0.2) is 5.96 Å². The van der Waals surface area contributed by atoms with Crippen molar-refractivity contribution in [2.24, 2.45) is 10.4 Å². The van der Waals surface area contributed by atoms with Gasteiger partial charge in [-0.2, -0.15) is 0 Å². The third-order valence-corrected chi connectivity index (χ3v) is 6.31.